The summed E-state index contributed by atoms with van der Waals surface area (Å²) >= 11 is 0. The third kappa shape index (κ3) is 8.44. The highest BCUT2D eigenvalue weighted by molar-refractivity contribution is 6.97. The second kappa shape index (κ2) is 19.4. The molecule has 56 heavy (non-hydrogen) atoms. The van der Waals surface area contributed by atoms with E-state index in [-0.39, 0.29) is 0 Å². The average molecular weight is 842 g/mol. The predicted octanol–water partition coefficient (Wildman–Crippen LogP) is 16.5. The Kier molecular flexibility index (Phi) is 14.6. The van der Waals surface area contributed by atoms with Gasteiger partial charge in [-0.1, -0.05) is 154 Å². The van der Waals surface area contributed by atoms with E-state index >= 15 is 0 Å². The molecule has 8 heteroatoms. The van der Waals surface area contributed by atoms with E-state index in [1.807, 2.05) is 0 Å². The lowest BCUT2D eigenvalue weighted by Crippen LogP contribution is -2.77. The van der Waals surface area contributed by atoms with E-state index < -0.39 is 34.2 Å². The van der Waals surface area contributed by atoms with Gasteiger partial charge in [-0.05, 0) is 103 Å². The van der Waals surface area contributed by atoms with Crippen LogP contribution in [-0.4, -0.2) is 34.2 Å². The Morgan fingerprint density at radius 3 is 0.375 bits per heavy atom. The van der Waals surface area contributed by atoms with Crippen molar-refractivity contribution in [1.82, 2.24) is 0 Å². The largest absolute Gasteiger partial charge is 0.415 e. The number of hydrogen-bond donors (Lipinski definition) is 0. The van der Waals surface area contributed by atoms with E-state index in [0.29, 0.717) is 44.3 Å². The van der Waals surface area contributed by atoms with Gasteiger partial charge in [0.15, 0.2) is 0 Å². The van der Waals surface area contributed by atoms with Crippen LogP contribution in [0.25, 0.3) is 0 Å². The van der Waals surface area contributed by atoms with E-state index in [1.54, 1.807) is 0 Å². The zero-order chi connectivity index (χ0) is 37.7. The summed E-state index contributed by atoms with van der Waals surface area (Å²) in [6.07, 6.45) is 56.1. The highest BCUT2D eigenvalue weighted by Gasteiger charge is 2.74. The summed E-state index contributed by atoms with van der Waals surface area (Å²) in [6, 6.07) is 0. The summed E-state index contributed by atoms with van der Waals surface area (Å²) < 4.78 is 37.3. The van der Waals surface area contributed by atoms with Gasteiger partial charge in [0.2, 0.25) is 0 Å². The van der Waals surface area contributed by atoms with Crippen molar-refractivity contribution in [2.45, 2.75) is 301 Å². The Labute approximate surface area is 350 Å². The smallest absolute Gasteiger partial charge is 0.327 e. The summed E-state index contributed by atoms with van der Waals surface area (Å²) in [4.78, 5) is 0. The maximum atomic E-state index is 9.32. The maximum absolute atomic E-state index is 9.32. The summed E-state index contributed by atoms with van der Waals surface area (Å²) in [6.45, 7) is 0. The Hall–Kier alpha value is 0.708. The summed E-state index contributed by atoms with van der Waals surface area (Å²) in [7, 11) is -11.3. The molecule has 0 bridgehead atoms. The normalized spacial score (nSPS) is 33.4. The second-order valence-electron chi connectivity index (χ2n) is 22.0. The van der Waals surface area contributed by atoms with Gasteiger partial charge < -0.3 is 16.5 Å². The molecule has 0 aromatic heterocycles. The van der Waals surface area contributed by atoms with Crippen LogP contribution < -0.4 is 0 Å². The number of rotatable bonds is 8. The highest BCUT2D eigenvalue weighted by Crippen LogP contribution is 2.65. The van der Waals surface area contributed by atoms with Crippen molar-refractivity contribution in [2.24, 2.45) is 0 Å². The molecule has 1 heterocycles. The molecule has 320 valence electrons. The Morgan fingerprint density at radius 1 is 0.161 bits per heavy atom. The van der Waals surface area contributed by atoms with Gasteiger partial charge in [0.05, 0.1) is 0 Å². The molecule has 0 N–H and O–H groups in total. The zero-order valence-electron chi connectivity index (χ0n) is 36.5. The topological polar surface area (TPSA) is 36.9 Å². The summed E-state index contributed by atoms with van der Waals surface area (Å²) in [5, 5.41) is 0. The Bertz CT molecular complexity index is 913. The van der Waals surface area contributed by atoms with E-state index in [1.165, 1.54) is 257 Å². The van der Waals surface area contributed by atoms with Crippen molar-refractivity contribution >= 4 is 34.2 Å². The minimum atomic E-state index is -2.84. The van der Waals surface area contributed by atoms with E-state index in [0.717, 1.165) is 0 Å². The third-order valence-electron chi connectivity index (χ3n) is 18.7. The lowest BCUT2D eigenvalue weighted by molar-refractivity contribution is 0.133. The van der Waals surface area contributed by atoms with Crippen molar-refractivity contribution < 1.29 is 16.5 Å². The number of hydrogen-bond acceptors (Lipinski definition) is 4. The van der Waals surface area contributed by atoms with Gasteiger partial charge in [-0.2, -0.15) is 0 Å². The van der Waals surface area contributed by atoms with E-state index in [9.17, 15) is 16.5 Å². The monoisotopic (exact) mass is 841 g/mol. The van der Waals surface area contributed by atoms with Gasteiger partial charge in [0.1, 0.15) is 0 Å². The first-order valence-corrected chi connectivity index (χ1v) is 34.4. The Morgan fingerprint density at radius 2 is 0.268 bits per heavy atom. The van der Waals surface area contributed by atoms with Crippen molar-refractivity contribution in [3.63, 3.8) is 0 Å². The molecule has 0 aromatic carbocycles. The molecule has 4 nitrogen and oxygen atoms in total. The van der Waals surface area contributed by atoms with Crippen LogP contribution in [0.1, 0.15) is 257 Å². The molecule has 9 aliphatic rings. The van der Waals surface area contributed by atoms with Crippen LogP contribution in [0.2, 0.25) is 44.3 Å². The lowest BCUT2D eigenvalue weighted by atomic mass is 9.99. The fourth-order valence-electron chi connectivity index (χ4n) is 15.8. The molecule has 1 aliphatic heterocycles. The van der Waals surface area contributed by atoms with Gasteiger partial charge in [-0.25, -0.2) is 0 Å². The first kappa shape index (κ1) is 42.0. The van der Waals surface area contributed by atoms with Gasteiger partial charge in [-0.3, -0.25) is 0 Å². The van der Waals surface area contributed by atoms with Gasteiger partial charge in [0.25, 0.3) is 0 Å². The first-order chi connectivity index (χ1) is 27.7. The lowest BCUT2D eigenvalue weighted by Gasteiger charge is -2.65. The fraction of sp³-hybridized carbons (Fsp3) is 1.00. The molecule has 0 atom stereocenters. The molecule has 0 unspecified atom stereocenters. The molecule has 9 fully saturated rings. The fourth-order valence-corrected chi connectivity index (χ4v) is 49.0. The van der Waals surface area contributed by atoms with Crippen molar-refractivity contribution in [1.29, 1.82) is 0 Å². The van der Waals surface area contributed by atoms with Crippen LogP contribution in [0.3, 0.4) is 0 Å². The van der Waals surface area contributed by atoms with Crippen molar-refractivity contribution in [3.8, 4) is 0 Å². The summed E-state index contributed by atoms with van der Waals surface area (Å²) in [5.41, 5.74) is 5.36. The molecular formula is C48H88O4Si4. The van der Waals surface area contributed by atoms with E-state index in [2.05, 4.69) is 0 Å². The van der Waals surface area contributed by atoms with Crippen LogP contribution in [0.4, 0.5) is 0 Å². The van der Waals surface area contributed by atoms with Gasteiger partial charge >= 0.3 is 34.2 Å². The Balaban J connectivity index is 1.31. The highest BCUT2D eigenvalue weighted by atomic mass is 28.5. The molecule has 0 radical (unpaired) electrons. The second-order valence-corrected chi connectivity index (χ2v) is 37.5. The molecule has 0 amide bonds. The van der Waals surface area contributed by atoms with Crippen LogP contribution in [0.5, 0.6) is 0 Å². The molecular weight excluding hydrogens is 753 g/mol. The minimum Gasteiger partial charge on any atom is -0.415 e. The van der Waals surface area contributed by atoms with Crippen molar-refractivity contribution in [2.75, 3.05) is 0 Å². The molecule has 8 saturated carbocycles. The molecule has 0 spiro atoms. The molecule has 0 aromatic rings. The van der Waals surface area contributed by atoms with Crippen molar-refractivity contribution in [3.05, 3.63) is 0 Å². The SMILES string of the molecule is C1CCC([Si]2(C3CCCCC3)O[Si](C3CCCCC3)(C3CCCCC3)O[Si](C3CCCCC3)(C3CCCCC3)O[Si](C3CCCCC3)(C3CCCCC3)O2)CC1. The van der Waals surface area contributed by atoms with E-state index in [4.69, 9.17) is 0 Å². The van der Waals surface area contributed by atoms with Crippen LogP contribution in [-0.2, 0) is 16.5 Å². The quantitative estimate of drug-likeness (QED) is 0.228. The minimum absolute atomic E-state index is 0.670. The standard InChI is InChI=1S/C48H88O4Si4/c1-9-25-41(26-10-1)53(42-27-11-2-12-28-42)49-54(43-29-13-3-14-30-43,44-31-15-4-16-32-44)51-56(47-37-21-7-22-38-47,48-39-23-8-24-40-48)52-55(50-53,45-33-17-5-18-34-45)46-35-19-6-20-36-46/h41-48H,1-40H2. The molecule has 9 rings (SSSR count). The van der Waals surface area contributed by atoms with Crippen LogP contribution in [0, 0.1) is 0 Å². The van der Waals surface area contributed by atoms with Crippen LogP contribution >= 0.6 is 0 Å². The zero-order valence-corrected chi connectivity index (χ0v) is 40.5. The maximum Gasteiger partial charge on any atom is 0.327 e. The van der Waals surface area contributed by atoms with Gasteiger partial charge in [0, 0.05) is 44.3 Å². The first-order valence-electron chi connectivity index (χ1n) is 26.5. The average Bonchev–Trinajstić information content (AvgIpc) is 3.29. The predicted molar refractivity (Wildman–Crippen MR) is 242 cm³/mol. The van der Waals surface area contributed by atoms with Crippen LogP contribution in [0.15, 0.2) is 0 Å². The van der Waals surface area contributed by atoms with Gasteiger partial charge in [-0.15, -0.1) is 0 Å². The molecule has 1 saturated heterocycles. The third-order valence-corrected chi connectivity index (χ3v) is 42.6. The molecule has 8 aliphatic carbocycles. The summed E-state index contributed by atoms with van der Waals surface area (Å²) in [5.74, 6) is 0.